The van der Waals surface area contributed by atoms with E-state index in [0.29, 0.717) is 24.8 Å². The number of nitrogens with zero attached hydrogens (tertiary/aromatic N) is 3. The van der Waals surface area contributed by atoms with Gasteiger partial charge in [0.05, 0.1) is 17.5 Å². The van der Waals surface area contributed by atoms with Crippen LogP contribution in [0.5, 0.6) is 0 Å². The van der Waals surface area contributed by atoms with Crippen LogP contribution >= 0.6 is 11.3 Å². The van der Waals surface area contributed by atoms with Gasteiger partial charge < -0.3 is 9.63 Å². The fourth-order valence-corrected chi connectivity index (χ4v) is 2.62. The molecule has 2 aromatic heterocycles. The Labute approximate surface area is 103 Å². The van der Waals surface area contributed by atoms with Crippen LogP contribution in [0.2, 0.25) is 0 Å². The molecule has 90 valence electrons. The molecular weight excluding hydrogens is 238 g/mol. The van der Waals surface area contributed by atoms with Crippen LogP contribution in [0.15, 0.2) is 22.0 Å². The molecule has 1 aliphatic rings. The molecule has 1 unspecified atom stereocenters. The lowest BCUT2D eigenvalue weighted by Crippen LogP contribution is -2.22. The van der Waals surface area contributed by atoms with Gasteiger partial charge in [-0.15, -0.1) is 11.3 Å². The topological polar surface area (TPSA) is 62.4 Å². The molecule has 3 rings (SSSR count). The van der Waals surface area contributed by atoms with E-state index in [2.05, 4.69) is 15.0 Å². The standard InChI is InChI=1S/C11H13N3O2S/c15-8-3-4-14(6-8)7-10-12-11(16-13-10)9-2-1-5-17-9/h1-2,5,8,15H,3-4,6-7H2. The summed E-state index contributed by atoms with van der Waals surface area (Å²) in [4.78, 5) is 7.47. The number of β-amino-alcohol motifs (C(OH)–C–C–N with tert-alkyl or cyclic N) is 1. The Morgan fingerprint density at radius 3 is 3.24 bits per heavy atom. The summed E-state index contributed by atoms with van der Waals surface area (Å²) < 4.78 is 5.21. The molecule has 6 heteroatoms. The monoisotopic (exact) mass is 251 g/mol. The lowest BCUT2D eigenvalue weighted by atomic mass is 10.3. The molecule has 0 bridgehead atoms. The maximum absolute atomic E-state index is 9.43. The largest absolute Gasteiger partial charge is 0.392 e. The summed E-state index contributed by atoms with van der Waals surface area (Å²) in [5.41, 5.74) is 0. The van der Waals surface area contributed by atoms with Crippen molar-refractivity contribution in [1.29, 1.82) is 0 Å². The summed E-state index contributed by atoms with van der Waals surface area (Å²) >= 11 is 1.58. The Bertz CT molecular complexity index is 483. The van der Waals surface area contributed by atoms with Crippen LogP contribution in [0, 0.1) is 0 Å². The Morgan fingerprint density at radius 1 is 1.59 bits per heavy atom. The van der Waals surface area contributed by atoms with Crippen molar-refractivity contribution in [3.05, 3.63) is 23.3 Å². The minimum absolute atomic E-state index is 0.210. The van der Waals surface area contributed by atoms with Gasteiger partial charge in [0.15, 0.2) is 5.82 Å². The SMILES string of the molecule is OC1CCN(Cc2noc(-c3cccs3)n2)C1. The van der Waals surface area contributed by atoms with Crippen LogP contribution in [0.25, 0.3) is 10.8 Å². The number of rotatable bonds is 3. The van der Waals surface area contributed by atoms with Gasteiger partial charge in [0.2, 0.25) is 0 Å². The highest BCUT2D eigenvalue weighted by Gasteiger charge is 2.22. The van der Waals surface area contributed by atoms with Crippen molar-refractivity contribution in [2.75, 3.05) is 13.1 Å². The van der Waals surface area contributed by atoms with Crippen LogP contribution < -0.4 is 0 Å². The first-order valence-electron chi connectivity index (χ1n) is 5.58. The third-order valence-electron chi connectivity index (χ3n) is 2.81. The smallest absolute Gasteiger partial charge is 0.268 e. The van der Waals surface area contributed by atoms with E-state index < -0.39 is 0 Å². The maximum Gasteiger partial charge on any atom is 0.268 e. The number of thiophene rings is 1. The van der Waals surface area contributed by atoms with Crippen molar-refractivity contribution < 1.29 is 9.63 Å². The summed E-state index contributed by atoms with van der Waals surface area (Å²) in [6.07, 6.45) is 0.619. The summed E-state index contributed by atoms with van der Waals surface area (Å²) in [5, 5.41) is 15.4. The number of aromatic nitrogens is 2. The predicted octanol–water partition coefficient (Wildman–Crippen LogP) is 1.36. The molecule has 1 aliphatic heterocycles. The molecule has 0 aliphatic carbocycles. The highest BCUT2D eigenvalue weighted by atomic mass is 32.1. The highest BCUT2D eigenvalue weighted by Crippen LogP contribution is 2.23. The molecule has 0 amide bonds. The first kappa shape index (κ1) is 10.9. The van der Waals surface area contributed by atoms with Gasteiger partial charge in [-0.25, -0.2) is 0 Å². The second-order valence-electron chi connectivity index (χ2n) is 4.17. The summed E-state index contributed by atoms with van der Waals surface area (Å²) in [5.74, 6) is 1.26. The lowest BCUT2D eigenvalue weighted by molar-refractivity contribution is 0.173. The molecule has 1 N–H and O–H groups in total. The van der Waals surface area contributed by atoms with Crippen LogP contribution in [-0.2, 0) is 6.54 Å². The van der Waals surface area contributed by atoms with Gasteiger partial charge >= 0.3 is 0 Å². The first-order valence-corrected chi connectivity index (χ1v) is 6.46. The van der Waals surface area contributed by atoms with Gasteiger partial charge in [0, 0.05) is 13.1 Å². The average Bonchev–Trinajstić information content (AvgIpc) is 3.00. The minimum atomic E-state index is -0.210. The molecule has 1 fully saturated rings. The number of likely N-dealkylation sites (tertiary alicyclic amines) is 1. The molecule has 1 atom stereocenters. The van der Waals surface area contributed by atoms with E-state index in [4.69, 9.17) is 4.52 Å². The van der Waals surface area contributed by atoms with Crippen molar-refractivity contribution >= 4 is 11.3 Å². The lowest BCUT2D eigenvalue weighted by Gasteiger charge is -2.10. The zero-order chi connectivity index (χ0) is 11.7. The Morgan fingerprint density at radius 2 is 2.53 bits per heavy atom. The minimum Gasteiger partial charge on any atom is -0.392 e. The molecule has 1 saturated heterocycles. The van der Waals surface area contributed by atoms with Gasteiger partial charge in [-0.3, -0.25) is 4.90 Å². The number of aliphatic hydroxyl groups is 1. The van der Waals surface area contributed by atoms with Crippen LogP contribution in [0.3, 0.4) is 0 Å². The summed E-state index contributed by atoms with van der Waals surface area (Å²) in [6.45, 7) is 2.23. The van der Waals surface area contributed by atoms with Gasteiger partial charge in [-0.05, 0) is 17.9 Å². The highest BCUT2D eigenvalue weighted by molar-refractivity contribution is 7.13. The van der Waals surface area contributed by atoms with Crippen molar-refractivity contribution in [2.24, 2.45) is 0 Å². The van der Waals surface area contributed by atoms with Crippen LogP contribution in [0.1, 0.15) is 12.2 Å². The van der Waals surface area contributed by atoms with Crippen molar-refractivity contribution in [2.45, 2.75) is 19.1 Å². The van der Waals surface area contributed by atoms with Gasteiger partial charge in [0.1, 0.15) is 0 Å². The third kappa shape index (κ3) is 2.38. The maximum atomic E-state index is 9.43. The quantitative estimate of drug-likeness (QED) is 0.892. The molecule has 5 nitrogen and oxygen atoms in total. The Hall–Kier alpha value is -1.24. The zero-order valence-corrected chi connectivity index (χ0v) is 10.1. The van der Waals surface area contributed by atoms with Gasteiger partial charge in [0.25, 0.3) is 5.89 Å². The Kier molecular flexibility index (Phi) is 2.92. The molecule has 2 aromatic rings. The van der Waals surface area contributed by atoms with E-state index in [1.165, 1.54) is 0 Å². The molecule has 17 heavy (non-hydrogen) atoms. The van der Waals surface area contributed by atoms with E-state index in [1.807, 2.05) is 17.5 Å². The van der Waals surface area contributed by atoms with Crippen molar-refractivity contribution in [3.8, 4) is 10.8 Å². The normalized spacial score (nSPS) is 21.1. The third-order valence-corrected chi connectivity index (χ3v) is 3.67. The molecule has 3 heterocycles. The number of hydrogen-bond donors (Lipinski definition) is 1. The number of hydrogen-bond acceptors (Lipinski definition) is 6. The molecule has 0 radical (unpaired) electrons. The molecule has 0 spiro atoms. The molecule has 0 aromatic carbocycles. The fourth-order valence-electron chi connectivity index (χ4n) is 1.97. The molecule has 0 saturated carbocycles. The van der Waals surface area contributed by atoms with E-state index in [0.717, 1.165) is 17.8 Å². The van der Waals surface area contributed by atoms with Crippen LogP contribution in [-0.4, -0.2) is 39.3 Å². The molecular formula is C11H13N3O2S. The van der Waals surface area contributed by atoms with Crippen LogP contribution in [0.4, 0.5) is 0 Å². The van der Waals surface area contributed by atoms with Crippen molar-refractivity contribution in [1.82, 2.24) is 15.0 Å². The number of aliphatic hydroxyl groups excluding tert-OH is 1. The van der Waals surface area contributed by atoms with E-state index in [9.17, 15) is 5.11 Å². The summed E-state index contributed by atoms with van der Waals surface area (Å²) in [7, 11) is 0. The van der Waals surface area contributed by atoms with E-state index >= 15 is 0 Å². The van der Waals surface area contributed by atoms with E-state index in [1.54, 1.807) is 11.3 Å². The van der Waals surface area contributed by atoms with Gasteiger partial charge in [-0.2, -0.15) is 4.98 Å². The van der Waals surface area contributed by atoms with E-state index in [-0.39, 0.29) is 6.10 Å². The predicted molar refractivity (Wildman–Crippen MR) is 63.5 cm³/mol. The second-order valence-corrected chi connectivity index (χ2v) is 5.12. The second kappa shape index (κ2) is 4.56. The Balaban J connectivity index is 1.69. The van der Waals surface area contributed by atoms with Crippen molar-refractivity contribution in [3.63, 3.8) is 0 Å². The fraction of sp³-hybridized carbons (Fsp3) is 0.455. The van der Waals surface area contributed by atoms with Gasteiger partial charge in [-0.1, -0.05) is 11.2 Å². The zero-order valence-electron chi connectivity index (χ0n) is 9.24. The summed E-state index contributed by atoms with van der Waals surface area (Å²) in [6, 6.07) is 3.92. The first-order chi connectivity index (χ1) is 8.31. The average molecular weight is 251 g/mol.